The van der Waals surface area contributed by atoms with Crippen LogP contribution in [0.4, 0.5) is 0 Å². The number of benzene rings is 3. The predicted octanol–water partition coefficient (Wildman–Crippen LogP) is 7.00. The molecule has 2 heteroatoms. The summed E-state index contributed by atoms with van der Waals surface area (Å²) in [6.07, 6.45) is 0. The number of para-hydroxylation sites is 1. The van der Waals surface area contributed by atoms with Crippen LogP contribution in [0.2, 0.25) is 0 Å². The Morgan fingerprint density at radius 2 is 1.48 bits per heavy atom. The third-order valence-electron chi connectivity index (χ3n) is 5.37. The van der Waals surface area contributed by atoms with Gasteiger partial charge in [-0.25, -0.2) is 0 Å². The van der Waals surface area contributed by atoms with Crippen molar-refractivity contribution in [3.63, 3.8) is 0 Å². The molecule has 0 saturated carbocycles. The SMILES string of the molecule is Cn1c2ccccc2c2cc3sc4cc(C(C)(C)C)ccc4c3cc21. The van der Waals surface area contributed by atoms with Gasteiger partial charge in [0.25, 0.3) is 0 Å². The minimum atomic E-state index is 0.186. The van der Waals surface area contributed by atoms with Crippen molar-refractivity contribution < 1.29 is 0 Å². The molecule has 0 amide bonds. The second-order valence-electron chi connectivity index (χ2n) is 8.00. The van der Waals surface area contributed by atoms with Crippen LogP contribution in [0.25, 0.3) is 42.0 Å². The predicted molar refractivity (Wildman–Crippen MR) is 112 cm³/mol. The van der Waals surface area contributed by atoms with Crippen molar-refractivity contribution in [3.05, 3.63) is 60.2 Å². The Balaban J connectivity index is 1.90. The number of thiophene rings is 1. The van der Waals surface area contributed by atoms with Crippen LogP contribution in [0.15, 0.2) is 54.6 Å². The van der Waals surface area contributed by atoms with Gasteiger partial charge in [0.1, 0.15) is 0 Å². The van der Waals surface area contributed by atoms with Crippen LogP contribution in [0.5, 0.6) is 0 Å². The van der Waals surface area contributed by atoms with E-state index in [0.29, 0.717) is 0 Å². The van der Waals surface area contributed by atoms with Crippen LogP contribution < -0.4 is 0 Å². The summed E-state index contributed by atoms with van der Waals surface area (Å²) in [7, 11) is 2.17. The van der Waals surface area contributed by atoms with E-state index in [9.17, 15) is 0 Å². The normalized spacial score (nSPS) is 12.8. The van der Waals surface area contributed by atoms with E-state index in [1.165, 1.54) is 47.5 Å². The second-order valence-corrected chi connectivity index (χ2v) is 9.09. The maximum Gasteiger partial charge on any atom is 0.0495 e. The molecule has 2 aromatic heterocycles. The van der Waals surface area contributed by atoms with E-state index in [0.717, 1.165) is 0 Å². The van der Waals surface area contributed by atoms with Crippen LogP contribution in [-0.4, -0.2) is 4.57 Å². The van der Waals surface area contributed by atoms with Crippen LogP contribution >= 0.6 is 11.3 Å². The van der Waals surface area contributed by atoms with Gasteiger partial charge in [0.15, 0.2) is 0 Å². The van der Waals surface area contributed by atoms with Gasteiger partial charge in [0, 0.05) is 49.0 Å². The average Bonchev–Trinajstić information content (AvgIpc) is 3.08. The van der Waals surface area contributed by atoms with E-state index < -0.39 is 0 Å². The van der Waals surface area contributed by atoms with Crippen molar-refractivity contribution in [2.24, 2.45) is 7.05 Å². The van der Waals surface area contributed by atoms with E-state index >= 15 is 0 Å². The lowest BCUT2D eigenvalue weighted by Crippen LogP contribution is -2.10. The van der Waals surface area contributed by atoms with Crippen LogP contribution in [0, 0.1) is 0 Å². The van der Waals surface area contributed by atoms with Gasteiger partial charge in [-0.1, -0.05) is 51.1 Å². The standard InChI is InChI=1S/C23H21NS/c1-23(2,3)14-9-10-16-18-12-20-17(13-22(18)25-21(16)11-14)15-7-5-6-8-19(15)24(20)4/h5-13H,1-4H3. The summed E-state index contributed by atoms with van der Waals surface area (Å²) in [6.45, 7) is 6.84. The van der Waals surface area contributed by atoms with Crippen LogP contribution in [0.3, 0.4) is 0 Å². The molecule has 0 saturated heterocycles. The molecule has 25 heavy (non-hydrogen) atoms. The molecule has 0 radical (unpaired) electrons. The Bertz CT molecular complexity index is 1280. The van der Waals surface area contributed by atoms with Crippen LogP contribution in [0.1, 0.15) is 26.3 Å². The molecule has 0 aliphatic carbocycles. The van der Waals surface area contributed by atoms with Gasteiger partial charge in [0.2, 0.25) is 0 Å². The molecule has 1 nitrogen and oxygen atoms in total. The Kier molecular flexibility index (Phi) is 2.91. The lowest BCUT2D eigenvalue weighted by molar-refractivity contribution is 0.591. The highest BCUT2D eigenvalue weighted by molar-refractivity contribution is 7.25. The fourth-order valence-electron chi connectivity index (χ4n) is 3.89. The molecule has 0 aliphatic heterocycles. The van der Waals surface area contributed by atoms with E-state index in [2.05, 4.69) is 87.0 Å². The monoisotopic (exact) mass is 343 g/mol. The minimum Gasteiger partial charge on any atom is -0.344 e. The molecular formula is C23H21NS. The first-order valence-electron chi connectivity index (χ1n) is 8.77. The van der Waals surface area contributed by atoms with E-state index in [1.807, 2.05) is 11.3 Å². The summed E-state index contributed by atoms with van der Waals surface area (Å²) >= 11 is 1.92. The Morgan fingerprint density at radius 1 is 0.720 bits per heavy atom. The van der Waals surface area contributed by atoms with Gasteiger partial charge in [-0.2, -0.15) is 0 Å². The molecule has 5 aromatic rings. The number of aromatic nitrogens is 1. The highest BCUT2D eigenvalue weighted by Gasteiger charge is 2.16. The zero-order valence-electron chi connectivity index (χ0n) is 15.1. The molecule has 0 aliphatic rings. The molecule has 0 atom stereocenters. The molecule has 2 heterocycles. The van der Waals surface area contributed by atoms with Gasteiger partial charge in [-0.3, -0.25) is 0 Å². The maximum absolute atomic E-state index is 2.38. The number of aryl methyl sites for hydroxylation is 1. The number of hydrogen-bond donors (Lipinski definition) is 0. The van der Waals surface area contributed by atoms with Gasteiger partial charge in [-0.05, 0) is 35.2 Å². The summed E-state index contributed by atoms with van der Waals surface area (Å²) in [5, 5.41) is 5.45. The minimum absolute atomic E-state index is 0.186. The van der Waals surface area contributed by atoms with Gasteiger partial charge < -0.3 is 4.57 Å². The number of rotatable bonds is 0. The number of fused-ring (bicyclic) bond motifs is 6. The molecule has 0 bridgehead atoms. The lowest BCUT2D eigenvalue weighted by Gasteiger charge is -2.18. The lowest BCUT2D eigenvalue weighted by atomic mass is 9.87. The summed E-state index contributed by atoms with van der Waals surface area (Å²) in [4.78, 5) is 0. The summed E-state index contributed by atoms with van der Waals surface area (Å²) in [5.41, 5.74) is 4.20. The first-order chi connectivity index (χ1) is 11.9. The van der Waals surface area contributed by atoms with Crippen molar-refractivity contribution in [3.8, 4) is 0 Å². The Hall–Kier alpha value is -2.32. The molecule has 0 unspecified atom stereocenters. The summed E-state index contributed by atoms with van der Waals surface area (Å²) in [5.74, 6) is 0. The second kappa shape index (κ2) is 4.86. The number of hydrogen-bond acceptors (Lipinski definition) is 1. The molecule has 124 valence electrons. The van der Waals surface area contributed by atoms with Crippen molar-refractivity contribution in [2.45, 2.75) is 26.2 Å². The Labute approximate surface area is 151 Å². The average molecular weight is 343 g/mol. The summed E-state index contributed by atoms with van der Waals surface area (Å²) in [6, 6.07) is 20.4. The highest BCUT2D eigenvalue weighted by Crippen LogP contribution is 2.40. The zero-order chi connectivity index (χ0) is 17.3. The van der Waals surface area contributed by atoms with Gasteiger partial charge in [0.05, 0.1) is 0 Å². The van der Waals surface area contributed by atoms with Crippen molar-refractivity contribution in [1.82, 2.24) is 4.57 Å². The Morgan fingerprint density at radius 3 is 2.28 bits per heavy atom. The quantitative estimate of drug-likeness (QED) is 0.285. The van der Waals surface area contributed by atoms with E-state index in [4.69, 9.17) is 0 Å². The van der Waals surface area contributed by atoms with Crippen LogP contribution in [-0.2, 0) is 12.5 Å². The fourth-order valence-corrected chi connectivity index (χ4v) is 5.06. The molecule has 0 N–H and O–H groups in total. The third kappa shape index (κ3) is 2.07. The first kappa shape index (κ1) is 15.0. The number of nitrogens with zero attached hydrogens (tertiary/aromatic N) is 1. The molecule has 0 fully saturated rings. The van der Waals surface area contributed by atoms with Crippen molar-refractivity contribution in [2.75, 3.05) is 0 Å². The topological polar surface area (TPSA) is 4.93 Å². The third-order valence-corrected chi connectivity index (χ3v) is 6.49. The van der Waals surface area contributed by atoms with E-state index in [1.54, 1.807) is 0 Å². The molecule has 3 aromatic carbocycles. The van der Waals surface area contributed by atoms with Gasteiger partial charge in [-0.15, -0.1) is 11.3 Å². The summed E-state index contributed by atoms with van der Waals surface area (Å²) < 4.78 is 5.09. The smallest absolute Gasteiger partial charge is 0.0495 e. The van der Waals surface area contributed by atoms with Crippen molar-refractivity contribution in [1.29, 1.82) is 0 Å². The highest BCUT2D eigenvalue weighted by atomic mass is 32.1. The maximum atomic E-state index is 2.38. The molecule has 5 rings (SSSR count). The first-order valence-corrected chi connectivity index (χ1v) is 9.59. The molecular weight excluding hydrogens is 322 g/mol. The fraction of sp³-hybridized carbons (Fsp3) is 0.217. The molecule has 0 spiro atoms. The van der Waals surface area contributed by atoms with Gasteiger partial charge >= 0.3 is 0 Å². The van der Waals surface area contributed by atoms with Crippen molar-refractivity contribution >= 4 is 53.3 Å². The zero-order valence-corrected chi connectivity index (χ0v) is 15.9. The largest absolute Gasteiger partial charge is 0.344 e. The van der Waals surface area contributed by atoms with E-state index in [-0.39, 0.29) is 5.41 Å².